The van der Waals surface area contributed by atoms with Gasteiger partial charge in [0.25, 0.3) is 10.0 Å². The molecule has 6 nitrogen and oxygen atoms in total. The summed E-state index contributed by atoms with van der Waals surface area (Å²) in [6.45, 7) is -0.0134. The summed E-state index contributed by atoms with van der Waals surface area (Å²) in [4.78, 5) is -0.167. The van der Waals surface area contributed by atoms with Crippen LogP contribution in [0.1, 0.15) is 0 Å². The van der Waals surface area contributed by atoms with Gasteiger partial charge in [-0.2, -0.15) is 8.61 Å². The lowest BCUT2D eigenvalue weighted by molar-refractivity contribution is 0.273. The molecule has 2 heterocycles. The molecule has 0 atom stereocenters. The van der Waals surface area contributed by atoms with Crippen molar-refractivity contribution in [2.24, 2.45) is 0 Å². The zero-order valence-electron chi connectivity index (χ0n) is 13.4. The van der Waals surface area contributed by atoms with Crippen molar-refractivity contribution in [1.82, 2.24) is 8.61 Å². The Morgan fingerprint density at radius 3 is 1.78 bits per heavy atom. The molecule has 1 aliphatic heterocycles. The molecular weight excluding hydrogens is 498 g/mol. The van der Waals surface area contributed by atoms with E-state index in [1.54, 1.807) is 0 Å². The average Bonchev–Trinajstić information content (AvgIpc) is 3.05. The maximum Gasteiger partial charge on any atom is 0.252 e. The minimum absolute atomic E-state index is 0.00994. The number of rotatable bonds is 4. The molecule has 0 bridgehead atoms. The van der Waals surface area contributed by atoms with E-state index in [9.17, 15) is 16.8 Å². The maximum absolute atomic E-state index is 12.9. The molecule has 0 N–H and O–H groups in total. The largest absolute Gasteiger partial charge is 0.252 e. The molecule has 0 spiro atoms. The Labute approximate surface area is 181 Å². The minimum atomic E-state index is -3.94. The Bertz CT molecular complexity index is 1080. The summed E-state index contributed by atoms with van der Waals surface area (Å²) in [5.74, 6) is 0. The third-order valence-electron chi connectivity index (χ3n) is 3.93. The van der Waals surface area contributed by atoms with Gasteiger partial charge in [-0.15, -0.1) is 11.3 Å². The number of thiophene rings is 1. The van der Waals surface area contributed by atoms with E-state index in [4.69, 9.17) is 46.4 Å². The zero-order chi connectivity index (χ0) is 20.0. The first-order chi connectivity index (χ1) is 12.5. The Balaban J connectivity index is 1.80. The molecule has 3 rings (SSSR count). The molecule has 1 saturated heterocycles. The van der Waals surface area contributed by atoms with Crippen molar-refractivity contribution in [3.05, 3.63) is 43.7 Å². The van der Waals surface area contributed by atoms with Crippen LogP contribution in [0, 0.1) is 0 Å². The van der Waals surface area contributed by atoms with Gasteiger partial charge in [0.05, 0.1) is 19.4 Å². The third-order valence-corrected chi connectivity index (χ3v) is 10.6. The van der Waals surface area contributed by atoms with Gasteiger partial charge in [0.15, 0.2) is 0 Å². The highest BCUT2D eigenvalue weighted by Gasteiger charge is 2.35. The van der Waals surface area contributed by atoms with E-state index in [0.717, 1.165) is 11.3 Å². The van der Waals surface area contributed by atoms with E-state index >= 15 is 0 Å². The lowest BCUT2D eigenvalue weighted by Gasteiger charge is -2.33. The molecule has 0 aliphatic carbocycles. The third kappa shape index (κ3) is 4.26. The van der Waals surface area contributed by atoms with Crippen molar-refractivity contribution in [2.75, 3.05) is 26.2 Å². The first-order valence-electron chi connectivity index (χ1n) is 7.43. The summed E-state index contributed by atoms with van der Waals surface area (Å²) < 4.78 is 53.8. The average molecular weight is 510 g/mol. The summed E-state index contributed by atoms with van der Waals surface area (Å²) >= 11 is 24.5. The predicted molar refractivity (Wildman–Crippen MR) is 108 cm³/mol. The molecule has 2 aromatic rings. The van der Waals surface area contributed by atoms with Gasteiger partial charge < -0.3 is 0 Å². The van der Waals surface area contributed by atoms with Gasteiger partial charge in [0, 0.05) is 26.2 Å². The van der Waals surface area contributed by atoms with Crippen LogP contribution in [0.2, 0.25) is 19.4 Å². The molecule has 0 unspecified atom stereocenters. The molecule has 1 fully saturated rings. The van der Waals surface area contributed by atoms with Crippen LogP contribution in [-0.2, 0) is 20.0 Å². The fourth-order valence-electron chi connectivity index (χ4n) is 2.56. The summed E-state index contributed by atoms with van der Waals surface area (Å²) in [5, 5.41) is 0.161. The highest BCUT2D eigenvalue weighted by molar-refractivity contribution is 7.91. The molecule has 0 saturated carbocycles. The van der Waals surface area contributed by atoms with E-state index in [1.807, 2.05) is 0 Å². The summed E-state index contributed by atoms with van der Waals surface area (Å²) in [5.41, 5.74) is 0. The van der Waals surface area contributed by atoms with Crippen molar-refractivity contribution < 1.29 is 16.8 Å². The number of benzene rings is 1. The first kappa shape index (κ1) is 21.6. The Morgan fingerprint density at radius 2 is 1.26 bits per heavy atom. The number of nitrogens with zero attached hydrogens (tertiary/aromatic N) is 2. The van der Waals surface area contributed by atoms with Crippen LogP contribution in [0.25, 0.3) is 0 Å². The van der Waals surface area contributed by atoms with Gasteiger partial charge >= 0.3 is 0 Å². The lowest BCUT2D eigenvalue weighted by atomic mass is 10.4. The zero-order valence-corrected chi connectivity index (χ0v) is 18.9. The summed E-state index contributed by atoms with van der Waals surface area (Å²) in [6.07, 6.45) is 0. The molecule has 0 radical (unpaired) electrons. The maximum atomic E-state index is 12.9. The van der Waals surface area contributed by atoms with Crippen molar-refractivity contribution in [3.8, 4) is 0 Å². The van der Waals surface area contributed by atoms with Crippen LogP contribution in [0.5, 0.6) is 0 Å². The molecule has 1 aromatic carbocycles. The highest BCUT2D eigenvalue weighted by Crippen LogP contribution is 2.34. The van der Waals surface area contributed by atoms with Crippen molar-refractivity contribution in [3.63, 3.8) is 0 Å². The SMILES string of the molecule is O=S(=O)(c1ccc(Cl)s1)N1CCN(S(=O)(=O)c2cc(Cl)c(Cl)cc2Cl)CC1. The Morgan fingerprint density at radius 1 is 0.741 bits per heavy atom. The molecule has 1 aliphatic rings. The minimum Gasteiger partial charge on any atom is -0.207 e. The monoisotopic (exact) mass is 508 g/mol. The van der Waals surface area contributed by atoms with E-state index in [0.29, 0.717) is 4.34 Å². The fourth-order valence-corrected chi connectivity index (χ4v) is 8.01. The van der Waals surface area contributed by atoms with Crippen LogP contribution in [0.4, 0.5) is 0 Å². The summed E-state index contributed by atoms with van der Waals surface area (Å²) in [6, 6.07) is 5.39. The van der Waals surface area contributed by atoms with Gasteiger partial charge in [0.2, 0.25) is 10.0 Å². The second-order valence-corrected chi connectivity index (χ2v) is 12.6. The van der Waals surface area contributed by atoms with Gasteiger partial charge in [-0.05, 0) is 24.3 Å². The lowest BCUT2D eigenvalue weighted by Crippen LogP contribution is -2.50. The van der Waals surface area contributed by atoms with E-state index in [2.05, 4.69) is 0 Å². The number of hydrogen-bond donors (Lipinski definition) is 0. The second kappa shape index (κ2) is 7.97. The quantitative estimate of drug-likeness (QED) is 0.582. The molecule has 13 heteroatoms. The Kier molecular flexibility index (Phi) is 6.37. The molecular formula is C14H12Cl4N2O4S3. The van der Waals surface area contributed by atoms with E-state index in [1.165, 1.54) is 32.9 Å². The van der Waals surface area contributed by atoms with Crippen molar-refractivity contribution >= 4 is 77.8 Å². The van der Waals surface area contributed by atoms with Gasteiger partial charge in [-0.25, -0.2) is 16.8 Å². The standard InChI is InChI=1S/C14H12Cl4N2O4S3/c15-9-7-11(17)12(8-10(9)16)26(21,22)19-3-5-20(6-4-19)27(23,24)14-2-1-13(18)25-14/h1-2,7-8H,3-6H2. The topological polar surface area (TPSA) is 74.8 Å². The number of sulfonamides is 2. The molecule has 0 amide bonds. The van der Waals surface area contributed by atoms with Gasteiger partial charge in [-0.1, -0.05) is 46.4 Å². The van der Waals surface area contributed by atoms with Crippen LogP contribution >= 0.6 is 57.7 Å². The van der Waals surface area contributed by atoms with Crippen molar-refractivity contribution in [1.29, 1.82) is 0 Å². The second-order valence-electron chi connectivity index (χ2n) is 5.56. The first-order valence-corrected chi connectivity index (χ1v) is 12.6. The molecule has 1 aromatic heterocycles. The van der Waals surface area contributed by atoms with Crippen LogP contribution in [0.3, 0.4) is 0 Å². The number of halogens is 4. The van der Waals surface area contributed by atoms with Gasteiger partial charge in [0.1, 0.15) is 9.10 Å². The number of hydrogen-bond acceptors (Lipinski definition) is 5. The predicted octanol–water partition coefficient (Wildman–Crippen LogP) is 4.06. The van der Waals surface area contributed by atoms with Crippen LogP contribution in [0.15, 0.2) is 33.4 Å². The van der Waals surface area contributed by atoms with E-state index < -0.39 is 20.0 Å². The summed E-state index contributed by atoms with van der Waals surface area (Å²) in [7, 11) is -7.66. The molecule has 27 heavy (non-hydrogen) atoms. The van der Waals surface area contributed by atoms with E-state index in [-0.39, 0.29) is 50.4 Å². The smallest absolute Gasteiger partial charge is 0.207 e. The van der Waals surface area contributed by atoms with Crippen molar-refractivity contribution in [2.45, 2.75) is 9.10 Å². The normalized spacial score (nSPS) is 17.3. The highest BCUT2D eigenvalue weighted by atomic mass is 35.5. The Hall–Kier alpha value is -0.100. The van der Waals surface area contributed by atoms with Gasteiger partial charge in [-0.3, -0.25) is 0 Å². The van der Waals surface area contributed by atoms with Crippen LogP contribution in [-0.4, -0.2) is 51.6 Å². The molecule has 148 valence electrons. The number of piperazine rings is 1. The fraction of sp³-hybridized carbons (Fsp3) is 0.286. The van der Waals surface area contributed by atoms with Crippen LogP contribution < -0.4 is 0 Å².